The lowest BCUT2D eigenvalue weighted by molar-refractivity contribution is 0.0960. The van der Waals surface area contributed by atoms with Crippen LogP contribution in [0.3, 0.4) is 0 Å². The maximum absolute atomic E-state index is 12.1. The van der Waals surface area contributed by atoms with E-state index in [1.165, 1.54) is 11.3 Å². The van der Waals surface area contributed by atoms with Crippen molar-refractivity contribution in [3.63, 3.8) is 0 Å². The maximum Gasteiger partial charge on any atom is 0.261 e. The van der Waals surface area contributed by atoms with Gasteiger partial charge in [0.25, 0.3) is 5.91 Å². The van der Waals surface area contributed by atoms with Gasteiger partial charge in [-0.3, -0.25) is 4.79 Å². The first-order valence-electron chi connectivity index (χ1n) is 7.79. The second-order valence-electron chi connectivity index (χ2n) is 5.30. The number of thiophene rings is 1. The average molecular weight is 371 g/mol. The Morgan fingerprint density at radius 1 is 1.38 bits per heavy atom. The Bertz CT molecular complexity index is 999. The fourth-order valence-corrected chi connectivity index (χ4v) is 3.44. The molecule has 134 valence electrons. The van der Waals surface area contributed by atoms with Gasteiger partial charge in [0.1, 0.15) is 22.0 Å². The maximum atomic E-state index is 12.1. The summed E-state index contributed by atoms with van der Waals surface area (Å²) >= 11 is 1.20. The first kappa shape index (κ1) is 17.6. The van der Waals surface area contributed by atoms with Crippen molar-refractivity contribution < 1.29 is 14.7 Å². The minimum absolute atomic E-state index is 0.0286. The molecule has 0 aliphatic rings. The van der Waals surface area contributed by atoms with Crippen LogP contribution >= 0.6 is 11.3 Å². The van der Waals surface area contributed by atoms with E-state index >= 15 is 0 Å². The van der Waals surface area contributed by atoms with E-state index in [-0.39, 0.29) is 17.6 Å². The fourth-order valence-electron chi connectivity index (χ4n) is 2.49. The molecule has 0 unspecified atom stereocenters. The van der Waals surface area contributed by atoms with E-state index in [1.807, 2.05) is 6.92 Å². The number of nitrogens with two attached hydrogens (primary N) is 1. The van der Waals surface area contributed by atoms with Crippen LogP contribution in [-0.4, -0.2) is 40.4 Å². The number of nitrogen functional groups attached to an aromatic ring is 1. The molecule has 0 atom stereocenters. The summed E-state index contributed by atoms with van der Waals surface area (Å²) < 4.78 is 5.21. The van der Waals surface area contributed by atoms with Gasteiger partial charge in [0, 0.05) is 17.5 Å². The predicted octanol–water partition coefficient (Wildman–Crippen LogP) is 2.26. The molecule has 0 saturated carbocycles. The molecule has 8 nitrogen and oxygen atoms in total. The van der Waals surface area contributed by atoms with Gasteiger partial charge in [-0.15, -0.1) is 11.3 Å². The predicted molar refractivity (Wildman–Crippen MR) is 100 cm³/mol. The van der Waals surface area contributed by atoms with Crippen molar-refractivity contribution in [1.82, 2.24) is 15.3 Å². The van der Waals surface area contributed by atoms with Crippen LogP contribution in [0.2, 0.25) is 0 Å². The van der Waals surface area contributed by atoms with Crippen LogP contribution in [0.15, 0.2) is 35.5 Å². The van der Waals surface area contributed by atoms with Gasteiger partial charge in [-0.1, -0.05) is 17.3 Å². The first-order chi connectivity index (χ1) is 12.6. The van der Waals surface area contributed by atoms with E-state index < -0.39 is 0 Å². The number of aromatic nitrogens is 2. The van der Waals surface area contributed by atoms with Crippen LogP contribution in [0.25, 0.3) is 10.2 Å². The molecule has 0 spiro atoms. The Hall–Kier alpha value is -3.20. The molecule has 0 saturated heterocycles. The van der Waals surface area contributed by atoms with Gasteiger partial charge in [0.05, 0.1) is 12.0 Å². The van der Waals surface area contributed by atoms with Crippen LogP contribution in [0.5, 0.6) is 5.75 Å². The standard InChI is InChI=1S/C17H17N5O3S/c1-3-19-15(23)12-8-11-14(20-17(18)21-16(11)26-12)13(22-24)9-5-4-6-10(7-9)25-2/h4-8,24H,3H2,1-2H3,(H,19,23)(H2,18,20,21)/b22-13-. The molecule has 4 N–H and O–H groups in total. The third-order valence-corrected chi connectivity index (χ3v) is 4.67. The van der Waals surface area contributed by atoms with Crippen molar-refractivity contribution in [3.8, 4) is 5.75 Å². The summed E-state index contributed by atoms with van der Waals surface area (Å²) in [6.45, 7) is 2.36. The van der Waals surface area contributed by atoms with Gasteiger partial charge < -0.3 is 21.0 Å². The van der Waals surface area contributed by atoms with Gasteiger partial charge in [-0.2, -0.15) is 0 Å². The van der Waals surface area contributed by atoms with Crippen LogP contribution in [0, 0.1) is 0 Å². The van der Waals surface area contributed by atoms with E-state index in [0.717, 1.165) is 0 Å². The van der Waals surface area contributed by atoms with Crippen molar-refractivity contribution >= 4 is 39.1 Å². The van der Waals surface area contributed by atoms with Crippen molar-refractivity contribution in [2.24, 2.45) is 5.16 Å². The van der Waals surface area contributed by atoms with E-state index in [1.54, 1.807) is 37.4 Å². The molecule has 9 heteroatoms. The van der Waals surface area contributed by atoms with E-state index in [0.29, 0.717) is 38.6 Å². The van der Waals surface area contributed by atoms with Crippen molar-refractivity contribution in [1.29, 1.82) is 0 Å². The van der Waals surface area contributed by atoms with Gasteiger partial charge in [-0.05, 0) is 25.1 Å². The molecule has 0 aliphatic carbocycles. The van der Waals surface area contributed by atoms with E-state index in [2.05, 4.69) is 20.4 Å². The van der Waals surface area contributed by atoms with Crippen molar-refractivity contribution in [3.05, 3.63) is 46.5 Å². The molecule has 0 aliphatic heterocycles. The van der Waals surface area contributed by atoms with Crippen molar-refractivity contribution in [2.75, 3.05) is 19.4 Å². The number of anilines is 1. The number of ether oxygens (including phenoxy) is 1. The molecule has 3 aromatic rings. The number of benzene rings is 1. The fraction of sp³-hybridized carbons (Fsp3) is 0.176. The summed E-state index contributed by atoms with van der Waals surface area (Å²) in [5.41, 5.74) is 6.97. The van der Waals surface area contributed by atoms with Crippen LogP contribution < -0.4 is 15.8 Å². The number of methoxy groups -OCH3 is 1. The number of fused-ring (bicyclic) bond motifs is 1. The molecule has 3 rings (SSSR count). The highest BCUT2D eigenvalue weighted by atomic mass is 32.1. The summed E-state index contributed by atoms with van der Waals surface area (Å²) in [5.74, 6) is 0.431. The van der Waals surface area contributed by atoms with Gasteiger partial charge in [-0.25, -0.2) is 9.97 Å². The molecule has 0 bridgehead atoms. The average Bonchev–Trinajstić information content (AvgIpc) is 3.07. The lowest BCUT2D eigenvalue weighted by atomic mass is 10.0. The van der Waals surface area contributed by atoms with E-state index in [4.69, 9.17) is 10.5 Å². The van der Waals surface area contributed by atoms with Gasteiger partial charge >= 0.3 is 0 Å². The Kier molecular flexibility index (Phi) is 4.99. The van der Waals surface area contributed by atoms with Crippen LogP contribution in [0.4, 0.5) is 5.95 Å². The number of nitrogens with zero attached hydrogens (tertiary/aromatic N) is 3. The lowest BCUT2D eigenvalue weighted by Crippen LogP contribution is -2.21. The summed E-state index contributed by atoms with van der Waals surface area (Å²) in [5, 5.41) is 16.3. The number of nitrogens with one attached hydrogen (secondary N) is 1. The summed E-state index contributed by atoms with van der Waals surface area (Å²) in [7, 11) is 1.55. The lowest BCUT2D eigenvalue weighted by Gasteiger charge is -2.08. The molecule has 1 aromatic carbocycles. The first-order valence-corrected chi connectivity index (χ1v) is 8.61. The second-order valence-corrected chi connectivity index (χ2v) is 6.33. The Morgan fingerprint density at radius 2 is 2.19 bits per heavy atom. The quantitative estimate of drug-likeness (QED) is 0.359. The topological polar surface area (TPSA) is 123 Å². The molecule has 2 heterocycles. The highest BCUT2D eigenvalue weighted by Gasteiger charge is 2.20. The van der Waals surface area contributed by atoms with Gasteiger partial charge in [0.15, 0.2) is 0 Å². The summed E-state index contributed by atoms with van der Waals surface area (Å²) in [4.78, 5) is 21.6. The number of hydrogen-bond donors (Lipinski definition) is 3. The number of amides is 1. The van der Waals surface area contributed by atoms with Crippen molar-refractivity contribution in [2.45, 2.75) is 6.92 Å². The minimum Gasteiger partial charge on any atom is -0.497 e. The summed E-state index contributed by atoms with van der Waals surface area (Å²) in [6.07, 6.45) is 0. The highest BCUT2D eigenvalue weighted by Crippen LogP contribution is 2.29. The molecule has 1 amide bonds. The molecular weight excluding hydrogens is 354 g/mol. The van der Waals surface area contributed by atoms with Crippen LogP contribution in [-0.2, 0) is 0 Å². The smallest absolute Gasteiger partial charge is 0.261 e. The van der Waals surface area contributed by atoms with E-state index in [9.17, 15) is 10.0 Å². The number of carbonyl (C=O) groups is 1. The second kappa shape index (κ2) is 7.36. The third-order valence-electron chi connectivity index (χ3n) is 3.64. The largest absolute Gasteiger partial charge is 0.497 e. The molecule has 0 fully saturated rings. The zero-order valence-corrected chi connectivity index (χ0v) is 15.0. The SMILES string of the molecule is CCNC(=O)c1cc2c(/C(=N\O)c3cccc(OC)c3)nc(N)nc2s1. The van der Waals surface area contributed by atoms with Crippen LogP contribution in [0.1, 0.15) is 27.9 Å². The van der Waals surface area contributed by atoms with Gasteiger partial charge in [0.2, 0.25) is 5.95 Å². The Labute approximate surface area is 153 Å². The Morgan fingerprint density at radius 3 is 2.88 bits per heavy atom. The highest BCUT2D eigenvalue weighted by molar-refractivity contribution is 7.20. The normalized spacial score (nSPS) is 11.5. The summed E-state index contributed by atoms with van der Waals surface area (Å²) in [6, 6.07) is 8.70. The molecule has 0 radical (unpaired) electrons. The number of hydrogen-bond acceptors (Lipinski definition) is 8. The third kappa shape index (κ3) is 3.29. The minimum atomic E-state index is -0.205. The zero-order valence-electron chi connectivity index (χ0n) is 14.2. The monoisotopic (exact) mass is 371 g/mol. The molecule has 2 aromatic heterocycles. The zero-order chi connectivity index (χ0) is 18.7. The Balaban J connectivity index is 2.17. The number of rotatable bonds is 5. The number of oxime groups is 1. The number of carbonyl (C=O) groups excluding carboxylic acids is 1. The molecular formula is C17H17N5O3S. The molecule has 26 heavy (non-hydrogen) atoms.